The third kappa shape index (κ3) is 4.58. The minimum atomic E-state index is 0.221. The highest BCUT2D eigenvalue weighted by atomic mass is 32.2. The molecular weight excluding hydrogens is 276 g/mol. The Balaban J connectivity index is 2.24. The summed E-state index contributed by atoms with van der Waals surface area (Å²) in [6.07, 6.45) is 3.11. The first-order valence-electron chi connectivity index (χ1n) is 7.63. The molecule has 0 aliphatic heterocycles. The number of aromatic nitrogens is 1. The Morgan fingerprint density at radius 3 is 2.33 bits per heavy atom. The molecule has 0 aliphatic rings. The van der Waals surface area contributed by atoms with E-state index in [1.165, 1.54) is 16.0 Å². The zero-order chi connectivity index (χ0) is 15.1. The molecule has 0 amide bonds. The van der Waals surface area contributed by atoms with Gasteiger partial charge in [0, 0.05) is 16.8 Å². The van der Waals surface area contributed by atoms with Gasteiger partial charge >= 0.3 is 0 Å². The third-order valence-electron chi connectivity index (χ3n) is 3.39. The average Bonchev–Trinajstić information content (AvgIpc) is 2.51. The summed E-state index contributed by atoms with van der Waals surface area (Å²) in [6.45, 7) is 7.40. The number of thioether (sulfide) groups is 1. The second kappa shape index (κ2) is 8.20. The zero-order valence-corrected chi connectivity index (χ0v) is 13.9. The first kappa shape index (κ1) is 16.1. The lowest BCUT2D eigenvalue weighted by atomic mass is 10.00. The van der Waals surface area contributed by atoms with E-state index in [4.69, 9.17) is 0 Å². The predicted octanol–water partition coefficient (Wildman–Crippen LogP) is 4.59. The van der Waals surface area contributed by atoms with Crippen molar-refractivity contribution in [2.45, 2.75) is 38.1 Å². The van der Waals surface area contributed by atoms with Crippen LogP contribution in [0.15, 0.2) is 47.5 Å². The maximum absolute atomic E-state index is 4.44. The van der Waals surface area contributed by atoms with E-state index >= 15 is 0 Å². The quantitative estimate of drug-likeness (QED) is 0.757. The summed E-state index contributed by atoms with van der Waals surface area (Å²) < 4.78 is 0. The van der Waals surface area contributed by atoms with Gasteiger partial charge in [-0.25, -0.2) is 0 Å². The molecule has 2 rings (SSSR count). The van der Waals surface area contributed by atoms with Crippen LogP contribution in [0, 0.1) is 6.92 Å². The van der Waals surface area contributed by atoms with E-state index in [9.17, 15) is 0 Å². The molecular formula is C18H24N2S. The van der Waals surface area contributed by atoms with E-state index in [1.54, 1.807) is 0 Å². The van der Waals surface area contributed by atoms with Gasteiger partial charge in [0.15, 0.2) is 0 Å². The van der Waals surface area contributed by atoms with Gasteiger partial charge in [0.1, 0.15) is 0 Å². The monoisotopic (exact) mass is 300 g/mol. The molecule has 1 heterocycles. The van der Waals surface area contributed by atoms with Gasteiger partial charge in [-0.05, 0) is 55.0 Å². The van der Waals surface area contributed by atoms with Crippen LogP contribution < -0.4 is 5.32 Å². The van der Waals surface area contributed by atoms with Crippen LogP contribution >= 0.6 is 11.8 Å². The SMILES string of the molecule is CCCNC(c1ccc(SCC)cc1)c1ccc(C)nc1. The van der Waals surface area contributed by atoms with Crippen LogP contribution in [-0.4, -0.2) is 17.3 Å². The average molecular weight is 300 g/mol. The van der Waals surface area contributed by atoms with Crippen molar-refractivity contribution < 1.29 is 0 Å². The van der Waals surface area contributed by atoms with Gasteiger partial charge < -0.3 is 5.32 Å². The zero-order valence-electron chi connectivity index (χ0n) is 13.1. The fourth-order valence-electron chi connectivity index (χ4n) is 2.29. The van der Waals surface area contributed by atoms with Crippen molar-refractivity contribution in [3.8, 4) is 0 Å². The standard InChI is InChI=1S/C18H24N2S/c1-4-12-19-18(16-7-6-14(3)20-13-16)15-8-10-17(11-9-15)21-5-2/h6-11,13,18-19H,4-5,12H2,1-3H3. The maximum Gasteiger partial charge on any atom is 0.0591 e. The van der Waals surface area contributed by atoms with E-state index in [0.717, 1.165) is 24.4 Å². The van der Waals surface area contributed by atoms with Crippen molar-refractivity contribution in [2.24, 2.45) is 0 Å². The van der Waals surface area contributed by atoms with Crippen LogP contribution in [0.25, 0.3) is 0 Å². The highest BCUT2D eigenvalue weighted by Crippen LogP contribution is 2.25. The molecule has 1 unspecified atom stereocenters. The maximum atomic E-state index is 4.44. The Morgan fingerprint density at radius 2 is 1.76 bits per heavy atom. The van der Waals surface area contributed by atoms with Crippen molar-refractivity contribution in [1.82, 2.24) is 10.3 Å². The van der Waals surface area contributed by atoms with Gasteiger partial charge in [-0.3, -0.25) is 4.98 Å². The van der Waals surface area contributed by atoms with Crippen molar-refractivity contribution >= 4 is 11.8 Å². The van der Waals surface area contributed by atoms with Gasteiger partial charge in [0.25, 0.3) is 0 Å². The molecule has 0 spiro atoms. The van der Waals surface area contributed by atoms with E-state index in [0.29, 0.717) is 0 Å². The lowest BCUT2D eigenvalue weighted by Gasteiger charge is -2.19. The minimum Gasteiger partial charge on any atom is -0.306 e. The number of nitrogens with one attached hydrogen (secondary N) is 1. The largest absolute Gasteiger partial charge is 0.306 e. The molecule has 3 heteroatoms. The van der Waals surface area contributed by atoms with Crippen LogP contribution in [-0.2, 0) is 0 Å². The van der Waals surface area contributed by atoms with Gasteiger partial charge in [-0.15, -0.1) is 11.8 Å². The molecule has 1 atom stereocenters. The van der Waals surface area contributed by atoms with Crippen molar-refractivity contribution in [2.75, 3.05) is 12.3 Å². The summed E-state index contributed by atoms with van der Waals surface area (Å²) in [6, 6.07) is 13.4. The number of hydrogen-bond acceptors (Lipinski definition) is 3. The Kier molecular flexibility index (Phi) is 6.27. The van der Waals surface area contributed by atoms with Crippen LogP contribution in [0.2, 0.25) is 0 Å². The number of hydrogen-bond donors (Lipinski definition) is 1. The highest BCUT2D eigenvalue weighted by Gasteiger charge is 2.13. The molecule has 0 saturated heterocycles. The fourth-order valence-corrected chi connectivity index (χ4v) is 2.95. The highest BCUT2D eigenvalue weighted by molar-refractivity contribution is 7.99. The summed E-state index contributed by atoms with van der Waals surface area (Å²) >= 11 is 1.88. The normalized spacial score (nSPS) is 12.3. The summed E-state index contributed by atoms with van der Waals surface area (Å²) in [5.74, 6) is 1.11. The van der Waals surface area contributed by atoms with Gasteiger partial charge in [-0.2, -0.15) is 0 Å². The van der Waals surface area contributed by atoms with Gasteiger partial charge in [0.05, 0.1) is 6.04 Å². The topological polar surface area (TPSA) is 24.9 Å². The Morgan fingerprint density at radius 1 is 1.05 bits per heavy atom. The summed E-state index contributed by atoms with van der Waals surface area (Å²) in [5, 5.41) is 3.63. The Bertz CT molecular complexity index is 534. The summed E-state index contributed by atoms with van der Waals surface area (Å²) in [5.41, 5.74) is 3.59. The lowest BCUT2D eigenvalue weighted by Crippen LogP contribution is -2.23. The van der Waals surface area contributed by atoms with Crippen LogP contribution in [0.5, 0.6) is 0 Å². The molecule has 21 heavy (non-hydrogen) atoms. The van der Waals surface area contributed by atoms with Crippen LogP contribution in [0.3, 0.4) is 0 Å². The van der Waals surface area contributed by atoms with Gasteiger partial charge in [0.2, 0.25) is 0 Å². The molecule has 0 aliphatic carbocycles. The molecule has 2 aromatic rings. The fraction of sp³-hybridized carbons (Fsp3) is 0.389. The minimum absolute atomic E-state index is 0.221. The molecule has 0 saturated carbocycles. The van der Waals surface area contributed by atoms with Crippen molar-refractivity contribution in [3.63, 3.8) is 0 Å². The number of aryl methyl sites for hydroxylation is 1. The van der Waals surface area contributed by atoms with E-state index in [-0.39, 0.29) is 6.04 Å². The number of rotatable bonds is 7. The molecule has 0 bridgehead atoms. The molecule has 1 N–H and O–H groups in total. The summed E-state index contributed by atoms with van der Waals surface area (Å²) in [4.78, 5) is 5.77. The first-order valence-corrected chi connectivity index (χ1v) is 8.61. The van der Waals surface area contributed by atoms with Crippen molar-refractivity contribution in [3.05, 3.63) is 59.4 Å². The Hall–Kier alpha value is -1.32. The molecule has 1 aromatic carbocycles. The second-order valence-corrected chi connectivity index (χ2v) is 6.46. The molecule has 1 aromatic heterocycles. The predicted molar refractivity (Wildman–Crippen MR) is 92.0 cm³/mol. The molecule has 112 valence electrons. The second-order valence-electron chi connectivity index (χ2n) is 5.12. The Labute approximate surface area is 132 Å². The molecule has 2 nitrogen and oxygen atoms in total. The van der Waals surface area contributed by atoms with Crippen LogP contribution in [0.1, 0.15) is 43.1 Å². The van der Waals surface area contributed by atoms with E-state index in [1.807, 2.05) is 24.9 Å². The smallest absolute Gasteiger partial charge is 0.0591 e. The van der Waals surface area contributed by atoms with Crippen molar-refractivity contribution in [1.29, 1.82) is 0 Å². The number of nitrogens with zero attached hydrogens (tertiary/aromatic N) is 1. The van der Waals surface area contributed by atoms with Crippen LogP contribution in [0.4, 0.5) is 0 Å². The third-order valence-corrected chi connectivity index (χ3v) is 4.28. The molecule has 0 fully saturated rings. The van der Waals surface area contributed by atoms with E-state index < -0.39 is 0 Å². The van der Waals surface area contributed by atoms with E-state index in [2.05, 4.69) is 60.5 Å². The first-order chi connectivity index (χ1) is 10.2. The summed E-state index contributed by atoms with van der Waals surface area (Å²) in [7, 11) is 0. The number of pyridine rings is 1. The number of benzene rings is 1. The lowest BCUT2D eigenvalue weighted by molar-refractivity contribution is 0.596. The molecule has 0 radical (unpaired) electrons. The van der Waals surface area contributed by atoms with Gasteiger partial charge in [-0.1, -0.05) is 32.0 Å².